The van der Waals surface area contributed by atoms with Crippen molar-refractivity contribution < 1.29 is 9.90 Å². The Hall–Kier alpha value is -1.52. The van der Waals surface area contributed by atoms with Gasteiger partial charge in [-0.15, -0.1) is 0 Å². The molecule has 0 radical (unpaired) electrons. The molecule has 0 amide bonds. The molecule has 1 aliphatic heterocycles. The Morgan fingerprint density at radius 1 is 1.39 bits per heavy atom. The first-order valence-electron chi connectivity index (χ1n) is 6.45. The van der Waals surface area contributed by atoms with Gasteiger partial charge >= 0.3 is 5.97 Å². The van der Waals surface area contributed by atoms with Gasteiger partial charge in [-0.25, -0.2) is 4.79 Å². The predicted molar refractivity (Wildman–Crippen MR) is 70.1 cm³/mol. The highest BCUT2D eigenvalue weighted by Crippen LogP contribution is 2.31. The summed E-state index contributed by atoms with van der Waals surface area (Å²) in [7, 11) is 1.82. The molecular formula is C13H21N3O2. The lowest BCUT2D eigenvalue weighted by Gasteiger charge is -2.38. The third-order valence-electron chi connectivity index (χ3n) is 3.80. The number of anilines is 1. The molecule has 2 atom stereocenters. The van der Waals surface area contributed by atoms with Crippen LogP contribution in [0.4, 0.5) is 5.82 Å². The van der Waals surface area contributed by atoms with Crippen LogP contribution in [0.3, 0.4) is 0 Å². The van der Waals surface area contributed by atoms with Gasteiger partial charge in [0.25, 0.3) is 0 Å². The molecule has 1 N–H and O–H groups in total. The molecule has 1 aromatic rings. The maximum Gasteiger partial charge on any atom is 0.341 e. The first-order chi connectivity index (χ1) is 8.41. The average molecular weight is 251 g/mol. The van der Waals surface area contributed by atoms with Gasteiger partial charge in [0, 0.05) is 19.6 Å². The number of aromatic carboxylic acids is 1. The molecule has 1 aromatic heterocycles. The van der Waals surface area contributed by atoms with E-state index in [4.69, 9.17) is 0 Å². The normalized spacial score (nSPS) is 24.3. The number of hydrogen-bond acceptors (Lipinski definition) is 3. The standard InChI is InChI=1S/C13H21N3O2/c1-8-5-6-9(2)16(7-8)12-11(13(17)18)10(3)14-15(12)4/h8-9H,5-7H2,1-4H3,(H,17,18). The summed E-state index contributed by atoms with van der Waals surface area (Å²) < 4.78 is 1.70. The number of rotatable bonds is 2. The Morgan fingerprint density at radius 2 is 2.06 bits per heavy atom. The summed E-state index contributed by atoms with van der Waals surface area (Å²) in [6.07, 6.45) is 2.31. The van der Waals surface area contributed by atoms with Crippen molar-refractivity contribution in [1.29, 1.82) is 0 Å². The van der Waals surface area contributed by atoms with Crippen molar-refractivity contribution in [2.24, 2.45) is 13.0 Å². The molecule has 1 aliphatic rings. The third kappa shape index (κ3) is 2.09. The maximum absolute atomic E-state index is 11.4. The fourth-order valence-electron chi connectivity index (χ4n) is 2.81. The van der Waals surface area contributed by atoms with Gasteiger partial charge in [-0.1, -0.05) is 6.92 Å². The second kappa shape index (κ2) is 4.63. The molecule has 0 spiro atoms. The van der Waals surface area contributed by atoms with Gasteiger partial charge < -0.3 is 10.0 Å². The lowest BCUT2D eigenvalue weighted by molar-refractivity contribution is 0.0696. The van der Waals surface area contributed by atoms with Gasteiger partial charge in [0.2, 0.25) is 0 Å². The maximum atomic E-state index is 11.4. The summed E-state index contributed by atoms with van der Waals surface area (Å²) in [5.74, 6) is 0.457. The molecule has 1 saturated heterocycles. The second-order valence-electron chi connectivity index (χ2n) is 5.40. The summed E-state index contributed by atoms with van der Waals surface area (Å²) in [5, 5.41) is 13.6. The van der Waals surface area contributed by atoms with Crippen molar-refractivity contribution in [3.63, 3.8) is 0 Å². The van der Waals surface area contributed by atoms with Gasteiger partial charge in [0.1, 0.15) is 11.4 Å². The van der Waals surface area contributed by atoms with E-state index in [-0.39, 0.29) is 0 Å². The van der Waals surface area contributed by atoms with Crippen LogP contribution in [0.15, 0.2) is 0 Å². The van der Waals surface area contributed by atoms with E-state index in [2.05, 4.69) is 23.8 Å². The number of piperidine rings is 1. The molecule has 0 bridgehead atoms. The van der Waals surface area contributed by atoms with E-state index in [0.717, 1.165) is 18.8 Å². The predicted octanol–water partition coefficient (Wildman–Crippen LogP) is 2.05. The zero-order valence-corrected chi connectivity index (χ0v) is 11.5. The van der Waals surface area contributed by atoms with Crippen LogP contribution < -0.4 is 4.90 Å². The summed E-state index contributed by atoms with van der Waals surface area (Å²) in [5.41, 5.74) is 0.934. The number of nitrogens with zero attached hydrogens (tertiary/aromatic N) is 3. The number of aryl methyl sites for hydroxylation is 2. The number of carbonyl (C=O) groups is 1. The molecule has 5 heteroatoms. The summed E-state index contributed by atoms with van der Waals surface area (Å²) >= 11 is 0. The summed E-state index contributed by atoms with van der Waals surface area (Å²) in [4.78, 5) is 13.6. The van der Waals surface area contributed by atoms with E-state index in [9.17, 15) is 9.90 Å². The molecule has 2 heterocycles. The molecule has 0 aromatic carbocycles. The van der Waals surface area contributed by atoms with Crippen molar-refractivity contribution in [3.8, 4) is 0 Å². The number of carboxylic acid groups (broad SMARTS) is 1. The highest BCUT2D eigenvalue weighted by atomic mass is 16.4. The third-order valence-corrected chi connectivity index (χ3v) is 3.80. The fourth-order valence-corrected chi connectivity index (χ4v) is 2.81. The van der Waals surface area contributed by atoms with Crippen LogP contribution in [0, 0.1) is 12.8 Å². The van der Waals surface area contributed by atoms with Crippen LogP contribution in [-0.4, -0.2) is 33.4 Å². The van der Waals surface area contributed by atoms with E-state index in [1.807, 2.05) is 7.05 Å². The lowest BCUT2D eigenvalue weighted by atomic mass is 9.94. The van der Waals surface area contributed by atoms with Crippen LogP contribution in [-0.2, 0) is 7.05 Å². The lowest BCUT2D eigenvalue weighted by Crippen LogP contribution is -2.42. The molecule has 2 unspecified atom stereocenters. The highest BCUT2D eigenvalue weighted by Gasteiger charge is 2.30. The highest BCUT2D eigenvalue weighted by molar-refractivity contribution is 5.95. The van der Waals surface area contributed by atoms with E-state index in [0.29, 0.717) is 23.2 Å². The van der Waals surface area contributed by atoms with Crippen LogP contribution in [0.1, 0.15) is 42.7 Å². The fraction of sp³-hybridized carbons (Fsp3) is 0.692. The van der Waals surface area contributed by atoms with Crippen LogP contribution >= 0.6 is 0 Å². The topological polar surface area (TPSA) is 58.4 Å². The Morgan fingerprint density at radius 3 is 2.67 bits per heavy atom. The molecule has 1 fully saturated rings. The minimum absolute atomic E-state index is 0.346. The van der Waals surface area contributed by atoms with Crippen LogP contribution in [0.5, 0.6) is 0 Å². The van der Waals surface area contributed by atoms with Crippen molar-refractivity contribution in [1.82, 2.24) is 9.78 Å². The molecule has 5 nitrogen and oxygen atoms in total. The van der Waals surface area contributed by atoms with Gasteiger partial charge in [-0.2, -0.15) is 5.10 Å². The van der Waals surface area contributed by atoms with E-state index < -0.39 is 5.97 Å². The molecule has 0 saturated carbocycles. The SMILES string of the molecule is Cc1nn(C)c(N2CC(C)CCC2C)c1C(=O)O. The molecule has 100 valence electrons. The average Bonchev–Trinajstić information content (AvgIpc) is 2.57. The van der Waals surface area contributed by atoms with E-state index >= 15 is 0 Å². The molecule has 0 aliphatic carbocycles. The van der Waals surface area contributed by atoms with Crippen molar-refractivity contribution in [3.05, 3.63) is 11.3 Å². The minimum atomic E-state index is -0.888. The first kappa shape index (κ1) is 12.9. The molecule has 18 heavy (non-hydrogen) atoms. The van der Waals surface area contributed by atoms with Crippen LogP contribution in [0.25, 0.3) is 0 Å². The summed E-state index contributed by atoms with van der Waals surface area (Å²) in [6, 6.07) is 0.370. The molecular weight excluding hydrogens is 230 g/mol. The van der Waals surface area contributed by atoms with Gasteiger partial charge in [0.05, 0.1) is 5.69 Å². The number of aromatic nitrogens is 2. The zero-order chi connectivity index (χ0) is 13.4. The van der Waals surface area contributed by atoms with Crippen molar-refractivity contribution >= 4 is 11.8 Å². The van der Waals surface area contributed by atoms with Crippen molar-refractivity contribution in [2.75, 3.05) is 11.4 Å². The smallest absolute Gasteiger partial charge is 0.341 e. The summed E-state index contributed by atoms with van der Waals surface area (Å²) in [6.45, 7) is 7.02. The van der Waals surface area contributed by atoms with Crippen LogP contribution in [0.2, 0.25) is 0 Å². The Labute approximate surface area is 107 Å². The largest absolute Gasteiger partial charge is 0.477 e. The zero-order valence-electron chi connectivity index (χ0n) is 11.5. The Balaban J connectivity index is 2.46. The van der Waals surface area contributed by atoms with Gasteiger partial charge in [-0.05, 0) is 32.6 Å². The van der Waals surface area contributed by atoms with E-state index in [1.54, 1.807) is 11.6 Å². The van der Waals surface area contributed by atoms with Gasteiger partial charge in [0.15, 0.2) is 0 Å². The second-order valence-corrected chi connectivity index (χ2v) is 5.40. The number of hydrogen-bond donors (Lipinski definition) is 1. The monoisotopic (exact) mass is 251 g/mol. The molecule has 2 rings (SSSR count). The van der Waals surface area contributed by atoms with E-state index in [1.165, 1.54) is 6.42 Å². The number of carboxylic acids is 1. The quantitative estimate of drug-likeness (QED) is 0.874. The van der Waals surface area contributed by atoms with Gasteiger partial charge in [-0.3, -0.25) is 4.68 Å². The minimum Gasteiger partial charge on any atom is -0.477 e. The van der Waals surface area contributed by atoms with Crippen molar-refractivity contribution in [2.45, 2.75) is 39.7 Å². The first-order valence-corrected chi connectivity index (χ1v) is 6.45. The Kier molecular flexibility index (Phi) is 3.32. The Bertz CT molecular complexity index is 467.